The molecule has 6 rings (SSSR count). The van der Waals surface area contributed by atoms with Gasteiger partial charge in [-0.15, -0.1) is 0 Å². The molecule has 0 spiro atoms. The Morgan fingerprint density at radius 2 is 1.73 bits per heavy atom. The van der Waals surface area contributed by atoms with Crippen LogP contribution in [0.3, 0.4) is 0 Å². The molecule has 1 N–H and O–H groups in total. The van der Waals surface area contributed by atoms with Gasteiger partial charge in [-0.05, 0) is 99.0 Å². The summed E-state index contributed by atoms with van der Waals surface area (Å²) < 4.78 is 5.52. The van der Waals surface area contributed by atoms with Crippen molar-refractivity contribution >= 4 is 11.6 Å². The summed E-state index contributed by atoms with van der Waals surface area (Å²) >= 11 is 0. The second-order valence-corrected chi connectivity index (χ2v) is 11.5. The number of ether oxygens (including phenoxy) is 1. The molecule has 3 saturated heterocycles. The number of methoxy groups -OCH3 is 1. The van der Waals surface area contributed by atoms with Crippen LogP contribution in [0.2, 0.25) is 0 Å². The van der Waals surface area contributed by atoms with Crippen LogP contribution in [0.1, 0.15) is 71.5 Å². The van der Waals surface area contributed by atoms with Crippen LogP contribution in [0.15, 0.2) is 42.5 Å². The Hall–Kier alpha value is -2.41. The summed E-state index contributed by atoms with van der Waals surface area (Å²) in [7, 11) is 1.83. The molecule has 2 aromatic carbocycles. The highest BCUT2D eigenvalue weighted by Gasteiger charge is 2.34. The quantitative estimate of drug-likeness (QED) is 0.635. The molecule has 1 amide bonds. The van der Waals surface area contributed by atoms with Gasteiger partial charge in [0, 0.05) is 57.1 Å². The predicted molar refractivity (Wildman–Crippen MR) is 148 cm³/mol. The summed E-state index contributed by atoms with van der Waals surface area (Å²) in [5.41, 5.74) is 6.34. The second-order valence-electron chi connectivity index (χ2n) is 11.5. The number of piperidine rings is 3. The zero-order chi connectivity index (χ0) is 25.2. The highest BCUT2D eigenvalue weighted by molar-refractivity contribution is 5.98. The van der Waals surface area contributed by atoms with E-state index in [1.54, 1.807) is 0 Å². The van der Waals surface area contributed by atoms with Crippen molar-refractivity contribution < 1.29 is 9.53 Å². The molecule has 4 aliphatic rings. The van der Waals surface area contributed by atoms with E-state index in [-0.39, 0.29) is 5.91 Å². The largest absolute Gasteiger partial charge is 0.381 e. The molecule has 3 fully saturated rings. The Morgan fingerprint density at radius 3 is 2.43 bits per heavy atom. The highest BCUT2D eigenvalue weighted by atomic mass is 16.5. The number of carbonyl (C=O) groups is 1. The maximum absolute atomic E-state index is 13.0. The van der Waals surface area contributed by atoms with Gasteiger partial charge in [-0.25, -0.2) is 0 Å². The monoisotopic (exact) mass is 502 g/mol. The van der Waals surface area contributed by atoms with Crippen molar-refractivity contribution in [3.05, 3.63) is 64.7 Å². The van der Waals surface area contributed by atoms with Gasteiger partial charge in [0.1, 0.15) is 0 Å². The van der Waals surface area contributed by atoms with Crippen molar-refractivity contribution in [1.82, 2.24) is 15.1 Å². The molecule has 4 heterocycles. The van der Waals surface area contributed by atoms with Crippen molar-refractivity contribution in [2.45, 2.75) is 69.7 Å². The van der Waals surface area contributed by atoms with Gasteiger partial charge in [-0.2, -0.15) is 0 Å². The van der Waals surface area contributed by atoms with E-state index in [1.807, 2.05) is 7.11 Å². The minimum absolute atomic E-state index is 0.232. The first-order chi connectivity index (χ1) is 18.2. The third-order valence-corrected chi connectivity index (χ3v) is 9.21. The van der Waals surface area contributed by atoms with Gasteiger partial charge in [-0.3, -0.25) is 9.69 Å². The maximum atomic E-state index is 13.0. The molecule has 6 heteroatoms. The molecule has 0 bridgehead atoms. The number of rotatable bonds is 6. The summed E-state index contributed by atoms with van der Waals surface area (Å²) in [6.07, 6.45) is 7.31. The normalized spacial score (nSPS) is 24.0. The van der Waals surface area contributed by atoms with Crippen LogP contribution in [0.5, 0.6) is 0 Å². The van der Waals surface area contributed by atoms with E-state index in [4.69, 9.17) is 4.74 Å². The molecular weight excluding hydrogens is 460 g/mol. The molecule has 6 nitrogen and oxygen atoms in total. The Labute approximate surface area is 222 Å². The second kappa shape index (κ2) is 11.1. The Kier molecular flexibility index (Phi) is 7.50. The SMILES string of the molecule is COC1CCN(c2ccc(CN3CCC(c4ccc5c(c4)CN(C4CCCNC4)C5=O)CC3)cc2)CC1. The van der Waals surface area contributed by atoms with Gasteiger partial charge in [0.2, 0.25) is 0 Å². The molecule has 1 atom stereocenters. The molecule has 37 heavy (non-hydrogen) atoms. The summed E-state index contributed by atoms with van der Waals surface area (Å²) in [5, 5.41) is 3.46. The fraction of sp³-hybridized carbons (Fsp3) is 0.581. The molecule has 1 unspecified atom stereocenters. The number of hydrogen-bond acceptors (Lipinski definition) is 5. The number of nitrogens with one attached hydrogen (secondary N) is 1. The number of amides is 1. The molecule has 2 aromatic rings. The zero-order valence-electron chi connectivity index (χ0n) is 22.3. The number of carbonyl (C=O) groups excluding carboxylic acids is 1. The molecule has 0 saturated carbocycles. The molecule has 0 radical (unpaired) electrons. The average molecular weight is 503 g/mol. The van der Waals surface area contributed by atoms with E-state index in [1.165, 1.54) is 35.2 Å². The minimum atomic E-state index is 0.232. The van der Waals surface area contributed by atoms with E-state index >= 15 is 0 Å². The van der Waals surface area contributed by atoms with Gasteiger partial charge in [-0.1, -0.05) is 24.3 Å². The van der Waals surface area contributed by atoms with Crippen LogP contribution < -0.4 is 10.2 Å². The molecule has 4 aliphatic heterocycles. The predicted octanol–water partition coefficient (Wildman–Crippen LogP) is 4.39. The molecule has 0 aliphatic carbocycles. The summed E-state index contributed by atoms with van der Waals surface area (Å²) in [5.74, 6) is 0.829. The first-order valence-electron chi connectivity index (χ1n) is 14.4. The van der Waals surface area contributed by atoms with Crippen molar-refractivity contribution in [1.29, 1.82) is 0 Å². The number of hydrogen-bond donors (Lipinski definition) is 1. The first kappa shape index (κ1) is 24.9. The van der Waals surface area contributed by atoms with Crippen LogP contribution in [0, 0.1) is 0 Å². The topological polar surface area (TPSA) is 48.1 Å². The summed E-state index contributed by atoms with van der Waals surface area (Å²) in [6, 6.07) is 16.3. The van der Waals surface area contributed by atoms with Crippen LogP contribution in [-0.4, -0.2) is 74.2 Å². The summed E-state index contributed by atoms with van der Waals surface area (Å²) in [4.78, 5) is 20.2. The van der Waals surface area contributed by atoms with Crippen molar-refractivity contribution in [3.63, 3.8) is 0 Å². The van der Waals surface area contributed by atoms with Crippen molar-refractivity contribution in [2.75, 3.05) is 51.3 Å². The van der Waals surface area contributed by atoms with Crippen LogP contribution in [-0.2, 0) is 17.8 Å². The Morgan fingerprint density at radius 1 is 0.946 bits per heavy atom. The summed E-state index contributed by atoms with van der Waals surface area (Å²) in [6.45, 7) is 8.25. The fourth-order valence-electron chi connectivity index (χ4n) is 6.86. The van der Waals surface area contributed by atoms with E-state index in [2.05, 4.69) is 62.5 Å². The highest BCUT2D eigenvalue weighted by Crippen LogP contribution is 2.34. The number of fused-ring (bicyclic) bond motifs is 1. The Bertz CT molecular complexity index is 1070. The van der Waals surface area contributed by atoms with Crippen molar-refractivity contribution in [3.8, 4) is 0 Å². The lowest BCUT2D eigenvalue weighted by Crippen LogP contribution is -2.46. The van der Waals surface area contributed by atoms with Crippen LogP contribution in [0.4, 0.5) is 5.69 Å². The number of likely N-dealkylation sites (tertiary alicyclic amines) is 1. The maximum Gasteiger partial charge on any atom is 0.254 e. The average Bonchev–Trinajstić information content (AvgIpc) is 3.30. The van der Waals surface area contributed by atoms with Gasteiger partial charge < -0.3 is 19.9 Å². The lowest BCUT2D eigenvalue weighted by molar-refractivity contribution is 0.0674. The molecule has 198 valence electrons. The molecule has 0 aromatic heterocycles. The number of nitrogens with zero attached hydrogens (tertiary/aromatic N) is 3. The van der Waals surface area contributed by atoms with E-state index in [0.717, 1.165) is 83.6 Å². The van der Waals surface area contributed by atoms with E-state index in [9.17, 15) is 4.79 Å². The standard InChI is InChI=1S/C31H42N4O2/c1-37-29-12-17-34(18-13-29)27-7-4-23(5-8-27)21-33-15-10-24(11-16-33)25-6-9-30-26(19-25)22-35(31(30)36)28-3-2-14-32-20-28/h4-9,19,24,28-29,32H,2-3,10-18,20-22H2,1H3. The number of benzene rings is 2. The fourth-order valence-corrected chi connectivity index (χ4v) is 6.86. The van der Waals surface area contributed by atoms with Gasteiger partial charge in [0.15, 0.2) is 0 Å². The Balaban J connectivity index is 1.01. The smallest absolute Gasteiger partial charge is 0.254 e. The van der Waals surface area contributed by atoms with E-state index in [0.29, 0.717) is 18.1 Å². The van der Waals surface area contributed by atoms with Crippen LogP contribution in [0.25, 0.3) is 0 Å². The lowest BCUT2D eigenvalue weighted by Gasteiger charge is -2.34. The number of anilines is 1. The third kappa shape index (κ3) is 5.43. The van der Waals surface area contributed by atoms with Gasteiger partial charge in [0.25, 0.3) is 5.91 Å². The molecular formula is C31H42N4O2. The minimum Gasteiger partial charge on any atom is -0.381 e. The van der Waals surface area contributed by atoms with E-state index < -0.39 is 0 Å². The zero-order valence-corrected chi connectivity index (χ0v) is 22.3. The van der Waals surface area contributed by atoms with Gasteiger partial charge >= 0.3 is 0 Å². The first-order valence-corrected chi connectivity index (χ1v) is 14.4. The lowest BCUT2D eigenvalue weighted by atomic mass is 9.87. The van der Waals surface area contributed by atoms with Crippen LogP contribution >= 0.6 is 0 Å². The van der Waals surface area contributed by atoms with Gasteiger partial charge in [0.05, 0.1) is 6.10 Å². The third-order valence-electron chi connectivity index (χ3n) is 9.21. The van der Waals surface area contributed by atoms with Crippen molar-refractivity contribution in [2.24, 2.45) is 0 Å².